The van der Waals surface area contributed by atoms with E-state index in [0.717, 1.165) is 23.3 Å². The minimum Gasteiger partial charge on any atom is -0.492 e. The van der Waals surface area contributed by atoms with Gasteiger partial charge in [-0.3, -0.25) is 9.78 Å². The average molecular weight is 410 g/mol. The second kappa shape index (κ2) is 8.59. The summed E-state index contributed by atoms with van der Waals surface area (Å²) in [6, 6.07) is 12.2. The molecule has 0 fully saturated rings. The highest BCUT2D eigenvalue weighted by Gasteiger charge is 2.28. The van der Waals surface area contributed by atoms with Gasteiger partial charge in [0, 0.05) is 36.1 Å². The molecule has 0 aliphatic carbocycles. The fourth-order valence-electron chi connectivity index (χ4n) is 3.44. The molecule has 0 spiro atoms. The molecular weight excluding hydrogens is 390 g/mol. The maximum absolute atomic E-state index is 13.4. The van der Waals surface area contributed by atoms with Crippen LogP contribution in [0, 0.1) is 11.6 Å². The highest BCUT2D eigenvalue weighted by atomic mass is 19.2. The van der Waals surface area contributed by atoms with Crippen LogP contribution in [0.3, 0.4) is 0 Å². The molecule has 2 unspecified atom stereocenters. The zero-order valence-corrected chi connectivity index (χ0v) is 16.3. The molecule has 1 aliphatic heterocycles. The van der Waals surface area contributed by atoms with Crippen molar-refractivity contribution in [1.82, 2.24) is 4.98 Å². The lowest BCUT2D eigenvalue weighted by atomic mass is 9.98. The van der Waals surface area contributed by atoms with E-state index < -0.39 is 17.5 Å². The zero-order valence-electron chi connectivity index (χ0n) is 16.3. The van der Waals surface area contributed by atoms with Gasteiger partial charge in [-0.25, -0.2) is 8.78 Å². The number of rotatable bonds is 5. The summed E-state index contributed by atoms with van der Waals surface area (Å²) in [6.07, 6.45) is 3.68. The van der Waals surface area contributed by atoms with E-state index in [1.54, 1.807) is 24.5 Å². The summed E-state index contributed by atoms with van der Waals surface area (Å²) in [7, 11) is 0. The van der Waals surface area contributed by atoms with Gasteiger partial charge in [0.15, 0.2) is 11.6 Å². The van der Waals surface area contributed by atoms with Crippen LogP contribution in [0.25, 0.3) is 0 Å². The second-order valence-corrected chi connectivity index (χ2v) is 6.99. The smallest absolute Gasteiger partial charge is 0.259 e. The molecule has 4 rings (SSSR count). The Bertz CT molecular complexity index is 1060. The molecule has 3 aromatic rings. The molecule has 2 atom stereocenters. The number of ether oxygens (including phenoxy) is 2. The second-order valence-electron chi connectivity index (χ2n) is 6.99. The van der Waals surface area contributed by atoms with Crippen LogP contribution in [0.1, 0.15) is 47.0 Å². The lowest BCUT2D eigenvalue weighted by Gasteiger charge is -2.29. The topological polar surface area (TPSA) is 60.5 Å². The predicted octanol–water partition coefficient (Wildman–Crippen LogP) is 5.21. The first-order valence-electron chi connectivity index (χ1n) is 9.60. The maximum atomic E-state index is 13.4. The van der Waals surface area contributed by atoms with Gasteiger partial charge in [0.25, 0.3) is 5.91 Å². The van der Waals surface area contributed by atoms with Gasteiger partial charge in [-0.15, -0.1) is 0 Å². The van der Waals surface area contributed by atoms with Crippen molar-refractivity contribution in [3.05, 3.63) is 89.2 Å². The molecule has 30 heavy (non-hydrogen) atoms. The molecule has 7 heteroatoms. The van der Waals surface area contributed by atoms with Crippen molar-refractivity contribution in [2.45, 2.75) is 25.6 Å². The lowest BCUT2D eigenvalue weighted by Crippen LogP contribution is -2.22. The van der Waals surface area contributed by atoms with E-state index in [1.165, 1.54) is 6.07 Å². The molecule has 1 aromatic heterocycles. The first kappa shape index (κ1) is 20.0. The van der Waals surface area contributed by atoms with Gasteiger partial charge in [-0.1, -0.05) is 12.1 Å². The molecule has 0 radical (unpaired) electrons. The molecule has 1 N–H and O–H groups in total. The van der Waals surface area contributed by atoms with Crippen molar-refractivity contribution in [3.63, 3.8) is 0 Å². The van der Waals surface area contributed by atoms with Crippen LogP contribution < -0.4 is 10.1 Å². The Labute approximate surface area is 172 Å². The van der Waals surface area contributed by atoms with Crippen molar-refractivity contribution in [3.8, 4) is 5.75 Å². The Balaban J connectivity index is 1.56. The van der Waals surface area contributed by atoms with Gasteiger partial charge < -0.3 is 14.8 Å². The summed E-state index contributed by atoms with van der Waals surface area (Å²) < 4.78 is 38.6. The molecular formula is C23H20F2N2O3. The van der Waals surface area contributed by atoms with E-state index in [1.807, 2.05) is 25.1 Å². The summed E-state index contributed by atoms with van der Waals surface area (Å²) in [4.78, 5) is 16.8. The minimum absolute atomic E-state index is 0.159. The van der Waals surface area contributed by atoms with Gasteiger partial charge >= 0.3 is 0 Å². The van der Waals surface area contributed by atoms with Crippen molar-refractivity contribution in [2.75, 3.05) is 11.9 Å². The fourth-order valence-corrected chi connectivity index (χ4v) is 3.44. The molecule has 5 nitrogen and oxygen atoms in total. The van der Waals surface area contributed by atoms with Gasteiger partial charge in [-0.2, -0.15) is 0 Å². The Morgan fingerprint density at radius 2 is 1.97 bits per heavy atom. The molecule has 0 bridgehead atoms. The van der Waals surface area contributed by atoms with Gasteiger partial charge in [0.05, 0.1) is 24.4 Å². The van der Waals surface area contributed by atoms with Crippen LogP contribution >= 0.6 is 0 Å². The molecule has 154 valence electrons. The number of aromatic nitrogens is 1. The Morgan fingerprint density at radius 1 is 1.17 bits per heavy atom. The Morgan fingerprint density at radius 3 is 2.73 bits per heavy atom. The SMILES string of the molecule is CC(OC1CCOc2c(C(=O)Nc3ccc(F)c(F)c3)cccc21)c1ccncc1. The fraction of sp³-hybridized carbons (Fsp3) is 0.217. The third-order valence-corrected chi connectivity index (χ3v) is 4.98. The summed E-state index contributed by atoms with van der Waals surface area (Å²) in [5.74, 6) is -2.04. The molecule has 0 saturated carbocycles. The summed E-state index contributed by atoms with van der Waals surface area (Å²) in [5.41, 5.74) is 2.25. The van der Waals surface area contributed by atoms with Gasteiger partial charge in [0.1, 0.15) is 5.75 Å². The number of pyridine rings is 1. The lowest BCUT2D eigenvalue weighted by molar-refractivity contribution is -0.0253. The van der Waals surface area contributed by atoms with Crippen LogP contribution in [0.2, 0.25) is 0 Å². The zero-order chi connectivity index (χ0) is 21.1. The molecule has 1 amide bonds. The number of fused-ring (bicyclic) bond motifs is 1. The number of nitrogens with zero attached hydrogens (tertiary/aromatic N) is 1. The van der Waals surface area contributed by atoms with Crippen molar-refractivity contribution in [2.24, 2.45) is 0 Å². The van der Waals surface area contributed by atoms with Crippen LogP contribution in [0.15, 0.2) is 60.9 Å². The van der Waals surface area contributed by atoms with E-state index in [4.69, 9.17) is 9.47 Å². The standard InChI is InChI=1S/C23H20F2N2O3/c1-14(15-7-10-26-11-8-15)30-21-9-12-29-22-17(21)3-2-4-18(22)23(28)27-16-5-6-19(24)20(25)13-16/h2-8,10-11,13-14,21H,9,12H2,1H3,(H,27,28). The van der Waals surface area contributed by atoms with E-state index in [0.29, 0.717) is 24.3 Å². The minimum atomic E-state index is -1.03. The third kappa shape index (κ3) is 4.16. The quantitative estimate of drug-likeness (QED) is 0.627. The van der Waals surface area contributed by atoms with Gasteiger partial charge in [0.2, 0.25) is 0 Å². The van der Waals surface area contributed by atoms with E-state index in [2.05, 4.69) is 10.3 Å². The number of carbonyl (C=O) groups excluding carboxylic acids is 1. The number of halogens is 2. The van der Waals surface area contributed by atoms with E-state index in [9.17, 15) is 13.6 Å². The first-order chi connectivity index (χ1) is 14.5. The summed E-state index contributed by atoms with van der Waals surface area (Å²) >= 11 is 0. The maximum Gasteiger partial charge on any atom is 0.259 e. The number of para-hydroxylation sites is 1. The normalized spacial score (nSPS) is 16.3. The number of carbonyl (C=O) groups is 1. The number of anilines is 1. The number of nitrogens with one attached hydrogen (secondary N) is 1. The Kier molecular flexibility index (Phi) is 5.72. The van der Waals surface area contributed by atoms with E-state index >= 15 is 0 Å². The highest BCUT2D eigenvalue weighted by molar-refractivity contribution is 6.06. The predicted molar refractivity (Wildman–Crippen MR) is 107 cm³/mol. The average Bonchev–Trinajstić information content (AvgIpc) is 2.76. The van der Waals surface area contributed by atoms with Crippen LogP contribution in [0.5, 0.6) is 5.75 Å². The first-order valence-corrected chi connectivity index (χ1v) is 9.60. The molecule has 2 aromatic carbocycles. The van der Waals surface area contributed by atoms with Gasteiger partial charge in [-0.05, 0) is 42.8 Å². The summed E-state index contributed by atoms with van der Waals surface area (Å²) in [6.45, 7) is 2.36. The molecule has 0 saturated heterocycles. The van der Waals surface area contributed by atoms with E-state index in [-0.39, 0.29) is 17.9 Å². The highest BCUT2D eigenvalue weighted by Crippen LogP contribution is 2.39. The van der Waals surface area contributed by atoms with Crippen molar-refractivity contribution < 1.29 is 23.0 Å². The van der Waals surface area contributed by atoms with Crippen molar-refractivity contribution in [1.29, 1.82) is 0 Å². The molecule has 2 heterocycles. The number of amides is 1. The Hall–Kier alpha value is -3.32. The van der Waals surface area contributed by atoms with Crippen LogP contribution in [-0.4, -0.2) is 17.5 Å². The molecule has 1 aliphatic rings. The van der Waals surface area contributed by atoms with Crippen molar-refractivity contribution >= 4 is 11.6 Å². The number of hydrogen-bond donors (Lipinski definition) is 1. The summed E-state index contributed by atoms with van der Waals surface area (Å²) in [5, 5.41) is 2.58. The number of benzene rings is 2. The number of hydrogen-bond acceptors (Lipinski definition) is 4. The monoisotopic (exact) mass is 410 g/mol. The van der Waals surface area contributed by atoms with Crippen LogP contribution in [-0.2, 0) is 4.74 Å². The van der Waals surface area contributed by atoms with Crippen LogP contribution in [0.4, 0.5) is 14.5 Å². The third-order valence-electron chi connectivity index (χ3n) is 4.98. The largest absolute Gasteiger partial charge is 0.492 e.